The van der Waals surface area contributed by atoms with E-state index < -0.39 is 12.1 Å². The number of carbonyl (C=O) groups is 2. The Hall–Kier alpha value is -1.65. The fourth-order valence-corrected chi connectivity index (χ4v) is 4.67. The Morgan fingerprint density at radius 2 is 1.80 bits per heavy atom. The van der Waals surface area contributed by atoms with E-state index in [2.05, 4.69) is 17.1 Å². The lowest BCUT2D eigenvalue weighted by Gasteiger charge is -2.30. The minimum atomic E-state index is -5.08. The molecule has 0 aromatic heterocycles. The summed E-state index contributed by atoms with van der Waals surface area (Å²) in [5.41, 5.74) is 0. The average molecular weight is 434 g/mol. The van der Waals surface area contributed by atoms with Crippen molar-refractivity contribution in [3.8, 4) is 0 Å². The van der Waals surface area contributed by atoms with Gasteiger partial charge in [-0.25, -0.2) is 4.79 Å². The molecule has 170 valence electrons. The molecular weight excluding hydrogens is 405 g/mol. The number of alkyl halides is 3. The lowest BCUT2D eigenvalue weighted by molar-refractivity contribution is -0.192. The molecule has 10 heteroatoms. The number of carboxylic acids is 1. The Bertz CT molecular complexity index is 636. The minimum Gasteiger partial charge on any atom is -0.475 e. The number of allylic oxidation sites excluding steroid dienone is 2. The second-order valence-electron chi connectivity index (χ2n) is 8.14. The summed E-state index contributed by atoms with van der Waals surface area (Å²) in [6, 6.07) is 0.455. The van der Waals surface area contributed by atoms with Crippen molar-refractivity contribution < 1.29 is 37.3 Å². The molecule has 30 heavy (non-hydrogen) atoms. The van der Waals surface area contributed by atoms with Crippen LogP contribution in [0.2, 0.25) is 0 Å². The molecule has 3 heterocycles. The summed E-state index contributed by atoms with van der Waals surface area (Å²) >= 11 is 0. The third-order valence-electron chi connectivity index (χ3n) is 6.15. The van der Waals surface area contributed by atoms with E-state index in [0.29, 0.717) is 19.3 Å². The highest BCUT2D eigenvalue weighted by atomic mass is 19.4. The van der Waals surface area contributed by atoms with E-state index >= 15 is 0 Å². The van der Waals surface area contributed by atoms with E-state index in [-0.39, 0.29) is 17.9 Å². The molecule has 3 saturated heterocycles. The number of morpholine rings is 1. The highest BCUT2D eigenvalue weighted by molar-refractivity contribution is 5.80. The summed E-state index contributed by atoms with van der Waals surface area (Å²) in [7, 11) is 0. The molecule has 1 unspecified atom stereocenters. The zero-order valence-corrected chi connectivity index (χ0v) is 16.9. The van der Waals surface area contributed by atoms with Gasteiger partial charge in [0.05, 0.1) is 25.2 Å². The molecule has 4 atom stereocenters. The van der Waals surface area contributed by atoms with Crippen LogP contribution in [0.4, 0.5) is 13.2 Å². The molecule has 1 aliphatic carbocycles. The Labute approximate surface area is 173 Å². The van der Waals surface area contributed by atoms with E-state index in [0.717, 1.165) is 45.1 Å². The van der Waals surface area contributed by atoms with E-state index in [1.165, 1.54) is 19.3 Å². The summed E-state index contributed by atoms with van der Waals surface area (Å²) in [4.78, 5) is 26.4. The highest BCUT2D eigenvalue weighted by Crippen LogP contribution is 2.36. The van der Waals surface area contributed by atoms with Crippen LogP contribution >= 0.6 is 0 Å². The SMILES string of the molecule is O=C(O)C(F)(F)F.O=C([C@H]1CN(CC2CC=CCC2)[C@@H]2CCO[C@H]12)N1CCOCC1. The summed E-state index contributed by atoms with van der Waals surface area (Å²) < 4.78 is 43.1. The third-order valence-corrected chi connectivity index (χ3v) is 6.15. The zero-order chi connectivity index (χ0) is 21.7. The summed E-state index contributed by atoms with van der Waals surface area (Å²) in [6.07, 6.45) is 4.42. The van der Waals surface area contributed by atoms with Crippen LogP contribution in [-0.2, 0) is 19.1 Å². The summed E-state index contributed by atoms with van der Waals surface area (Å²) in [5.74, 6) is -1.69. The minimum absolute atomic E-state index is 0.0275. The molecule has 7 nitrogen and oxygen atoms in total. The van der Waals surface area contributed by atoms with Gasteiger partial charge in [-0.1, -0.05) is 12.2 Å². The molecule has 0 aromatic carbocycles. The normalized spacial score (nSPS) is 31.8. The number of rotatable bonds is 3. The number of nitrogens with zero attached hydrogens (tertiary/aromatic N) is 2. The van der Waals surface area contributed by atoms with E-state index in [1.54, 1.807) is 0 Å². The van der Waals surface area contributed by atoms with Crippen molar-refractivity contribution in [3.63, 3.8) is 0 Å². The van der Waals surface area contributed by atoms with Crippen LogP contribution in [0.3, 0.4) is 0 Å². The van der Waals surface area contributed by atoms with E-state index in [9.17, 15) is 18.0 Å². The molecule has 3 aliphatic heterocycles. The van der Waals surface area contributed by atoms with Gasteiger partial charge in [0.2, 0.25) is 5.91 Å². The Morgan fingerprint density at radius 3 is 2.40 bits per heavy atom. The number of hydrogen-bond donors (Lipinski definition) is 1. The first kappa shape index (κ1) is 23.0. The molecule has 1 N–H and O–H groups in total. The van der Waals surface area contributed by atoms with Crippen molar-refractivity contribution in [1.29, 1.82) is 0 Å². The molecule has 0 aromatic rings. The Kier molecular flexibility index (Phi) is 7.75. The lowest BCUT2D eigenvalue weighted by Crippen LogP contribution is -2.46. The van der Waals surface area contributed by atoms with Gasteiger partial charge in [-0.3, -0.25) is 9.69 Å². The maximum atomic E-state index is 12.9. The van der Waals surface area contributed by atoms with Crippen LogP contribution in [0.25, 0.3) is 0 Å². The number of aliphatic carboxylic acids is 1. The smallest absolute Gasteiger partial charge is 0.475 e. The fraction of sp³-hybridized carbons (Fsp3) is 0.800. The van der Waals surface area contributed by atoms with Crippen LogP contribution in [0.1, 0.15) is 25.7 Å². The molecule has 4 rings (SSSR count). The number of carboxylic acid groups (broad SMARTS) is 1. The van der Waals surface area contributed by atoms with Crippen molar-refractivity contribution >= 4 is 11.9 Å². The molecule has 0 bridgehead atoms. The van der Waals surface area contributed by atoms with Gasteiger partial charge in [-0.15, -0.1) is 0 Å². The first-order chi connectivity index (χ1) is 14.3. The van der Waals surface area contributed by atoms with Gasteiger partial charge in [0, 0.05) is 38.8 Å². The van der Waals surface area contributed by atoms with Gasteiger partial charge >= 0.3 is 12.1 Å². The van der Waals surface area contributed by atoms with Crippen LogP contribution < -0.4 is 0 Å². The van der Waals surface area contributed by atoms with Gasteiger partial charge in [0.15, 0.2) is 0 Å². The van der Waals surface area contributed by atoms with Crippen LogP contribution in [0.15, 0.2) is 12.2 Å². The van der Waals surface area contributed by atoms with E-state index in [1.807, 2.05) is 4.90 Å². The number of ether oxygens (including phenoxy) is 2. The number of fused-ring (bicyclic) bond motifs is 1. The monoisotopic (exact) mass is 434 g/mol. The van der Waals surface area contributed by atoms with Crippen molar-refractivity contribution in [2.24, 2.45) is 11.8 Å². The van der Waals surface area contributed by atoms with Gasteiger partial charge in [-0.05, 0) is 31.6 Å². The molecule has 0 spiro atoms. The Morgan fingerprint density at radius 1 is 1.10 bits per heavy atom. The second-order valence-corrected chi connectivity index (χ2v) is 8.14. The highest BCUT2D eigenvalue weighted by Gasteiger charge is 2.49. The largest absolute Gasteiger partial charge is 0.490 e. The molecule has 0 radical (unpaired) electrons. The standard InChI is InChI=1S/C18H28N2O3.C2HF3O2/c21-18(19-7-10-22-11-8-19)15-13-20(16-6-9-23-17(15)16)12-14-4-2-1-3-5-14;3-2(4,5)1(6)7/h1-2,14-17H,3-13H2;(H,6,7)/t14?,15-,16+,17+;/m0./s1. The summed E-state index contributed by atoms with van der Waals surface area (Å²) in [5, 5.41) is 7.12. The van der Waals surface area contributed by atoms with Crippen LogP contribution in [-0.4, -0.2) is 91.1 Å². The average Bonchev–Trinajstić information content (AvgIpc) is 3.33. The molecule has 1 amide bonds. The number of hydrogen-bond acceptors (Lipinski definition) is 5. The number of likely N-dealkylation sites (tertiary alicyclic amines) is 1. The van der Waals surface area contributed by atoms with Gasteiger partial charge in [0.25, 0.3) is 0 Å². The number of amides is 1. The second kappa shape index (κ2) is 10.1. The van der Waals surface area contributed by atoms with Crippen LogP contribution in [0.5, 0.6) is 0 Å². The van der Waals surface area contributed by atoms with Crippen LogP contribution in [0, 0.1) is 11.8 Å². The molecule has 4 aliphatic rings. The molecule has 0 saturated carbocycles. The molecular formula is C20H29F3N2O5. The maximum Gasteiger partial charge on any atom is 0.490 e. The van der Waals surface area contributed by atoms with Gasteiger partial charge in [0.1, 0.15) is 0 Å². The van der Waals surface area contributed by atoms with Crippen molar-refractivity contribution in [2.45, 2.75) is 44.0 Å². The van der Waals surface area contributed by atoms with E-state index in [4.69, 9.17) is 19.4 Å². The van der Waals surface area contributed by atoms with Crippen molar-refractivity contribution in [2.75, 3.05) is 46.0 Å². The Balaban J connectivity index is 0.000000318. The number of carbonyl (C=O) groups excluding carboxylic acids is 1. The quantitative estimate of drug-likeness (QED) is 0.684. The maximum absolute atomic E-state index is 12.9. The predicted molar refractivity (Wildman–Crippen MR) is 101 cm³/mol. The lowest BCUT2D eigenvalue weighted by atomic mass is 9.93. The van der Waals surface area contributed by atoms with Crippen molar-refractivity contribution in [1.82, 2.24) is 9.80 Å². The van der Waals surface area contributed by atoms with Crippen molar-refractivity contribution in [3.05, 3.63) is 12.2 Å². The topological polar surface area (TPSA) is 79.3 Å². The molecule has 3 fully saturated rings. The fourth-order valence-electron chi connectivity index (χ4n) is 4.67. The predicted octanol–water partition coefficient (Wildman–Crippen LogP) is 1.92. The summed E-state index contributed by atoms with van der Waals surface area (Å²) in [6.45, 7) is 5.63. The first-order valence-electron chi connectivity index (χ1n) is 10.4. The van der Waals surface area contributed by atoms with Gasteiger partial charge in [-0.2, -0.15) is 13.2 Å². The van der Waals surface area contributed by atoms with Gasteiger partial charge < -0.3 is 19.5 Å². The number of halogens is 3. The third kappa shape index (κ3) is 5.73. The first-order valence-corrected chi connectivity index (χ1v) is 10.4. The zero-order valence-electron chi connectivity index (χ0n) is 16.9.